The van der Waals surface area contributed by atoms with Crippen molar-refractivity contribution < 1.29 is 14.4 Å². The average Bonchev–Trinajstić information content (AvgIpc) is 2.80. The predicted octanol–water partition coefficient (Wildman–Crippen LogP) is 0.925. The van der Waals surface area contributed by atoms with E-state index in [1.807, 2.05) is 6.92 Å². The SMILES string of the molecule is CCCC(NC(=O)c1ccoc1)/C(N)=N/O. The van der Waals surface area contributed by atoms with Gasteiger partial charge in [-0.15, -0.1) is 0 Å². The summed E-state index contributed by atoms with van der Waals surface area (Å²) in [6.07, 6.45) is 4.17. The summed E-state index contributed by atoms with van der Waals surface area (Å²) in [5, 5.41) is 14.1. The molecule has 0 saturated carbocycles. The Morgan fingerprint density at radius 2 is 2.50 bits per heavy atom. The fraction of sp³-hybridized carbons (Fsp3) is 0.400. The quantitative estimate of drug-likeness (QED) is 0.300. The van der Waals surface area contributed by atoms with Gasteiger partial charge in [-0.3, -0.25) is 4.79 Å². The number of hydrogen-bond donors (Lipinski definition) is 3. The molecule has 16 heavy (non-hydrogen) atoms. The second kappa shape index (κ2) is 5.79. The average molecular weight is 225 g/mol. The van der Waals surface area contributed by atoms with Gasteiger partial charge in [0, 0.05) is 0 Å². The molecule has 0 fully saturated rings. The van der Waals surface area contributed by atoms with Crippen LogP contribution in [0.4, 0.5) is 0 Å². The van der Waals surface area contributed by atoms with Crippen LogP contribution in [0.1, 0.15) is 30.1 Å². The molecule has 6 nitrogen and oxygen atoms in total. The number of carbonyl (C=O) groups excluding carboxylic acids is 1. The Kier molecular flexibility index (Phi) is 4.38. The summed E-state index contributed by atoms with van der Waals surface area (Å²) in [4.78, 5) is 11.6. The van der Waals surface area contributed by atoms with Crippen molar-refractivity contribution >= 4 is 11.7 Å². The molecule has 0 aliphatic carbocycles. The van der Waals surface area contributed by atoms with Crippen molar-refractivity contribution in [1.29, 1.82) is 0 Å². The Labute approximate surface area is 93.1 Å². The van der Waals surface area contributed by atoms with Gasteiger partial charge in [0.1, 0.15) is 6.26 Å². The van der Waals surface area contributed by atoms with Gasteiger partial charge in [0.2, 0.25) is 0 Å². The highest BCUT2D eigenvalue weighted by Crippen LogP contribution is 2.03. The van der Waals surface area contributed by atoms with Gasteiger partial charge in [-0.25, -0.2) is 0 Å². The first-order chi connectivity index (χ1) is 7.69. The summed E-state index contributed by atoms with van der Waals surface area (Å²) >= 11 is 0. The maximum absolute atomic E-state index is 11.6. The maximum atomic E-state index is 11.6. The fourth-order valence-corrected chi connectivity index (χ4v) is 1.29. The van der Waals surface area contributed by atoms with Crippen LogP contribution in [0.3, 0.4) is 0 Å². The molecule has 0 spiro atoms. The summed E-state index contributed by atoms with van der Waals surface area (Å²) in [6.45, 7) is 1.95. The van der Waals surface area contributed by atoms with Gasteiger partial charge in [0.25, 0.3) is 5.91 Å². The Bertz CT molecular complexity index is 359. The molecule has 1 unspecified atom stereocenters. The summed E-state index contributed by atoms with van der Waals surface area (Å²) in [5.41, 5.74) is 5.88. The van der Waals surface area contributed by atoms with Crippen LogP contribution < -0.4 is 11.1 Å². The molecule has 1 heterocycles. The van der Waals surface area contributed by atoms with E-state index in [0.717, 1.165) is 6.42 Å². The van der Waals surface area contributed by atoms with Gasteiger partial charge < -0.3 is 20.7 Å². The molecular formula is C10H15N3O3. The molecule has 0 aromatic carbocycles. The normalized spacial score (nSPS) is 13.4. The first kappa shape index (κ1) is 12.1. The van der Waals surface area contributed by atoms with E-state index in [4.69, 9.17) is 15.4 Å². The van der Waals surface area contributed by atoms with Crippen LogP contribution in [0.5, 0.6) is 0 Å². The standard InChI is InChI=1S/C10H15N3O3/c1-2-3-8(9(11)13-15)12-10(14)7-4-5-16-6-7/h4-6,8,15H,2-3H2,1H3,(H2,11,13)(H,12,14). The lowest BCUT2D eigenvalue weighted by Crippen LogP contribution is -2.44. The number of nitrogens with two attached hydrogens (primary N) is 1. The van der Waals surface area contributed by atoms with Gasteiger partial charge in [-0.2, -0.15) is 0 Å². The van der Waals surface area contributed by atoms with E-state index < -0.39 is 6.04 Å². The third-order valence-corrected chi connectivity index (χ3v) is 2.14. The minimum atomic E-state index is -0.461. The van der Waals surface area contributed by atoms with Crippen molar-refractivity contribution in [3.63, 3.8) is 0 Å². The molecule has 1 amide bonds. The van der Waals surface area contributed by atoms with Crippen molar-refractivity contribution in [1.82, 2.24) is 5.32 Å². The summed E-state index contributed by atoms with van der Waals surface area (Å²) < 4.78 is 4.79. The van der Waals surface area contributed by atoms with Crippen molar-refractivity contribution in [3.05, 3.63) is 24.2 Å². The number of nitrogens with zero attached hydrogens (tertiary/aromatic N) is 1. The second-order valence-electron chi connectivity index (χ2n) is 3.35. The number of amidine groups is 1. The van der Waals surface area contributed by atoms with E-state index in [2.05, 4.69) is 10.5 Å². The first-order valence-corrected chi connectivity index (χ1v) is 4.99. The van der Waals surface area contributed by atoms with Crippen LogP contribution >= 0.6 is 0 Å². The number of amides is 1. The summed E-state index contributed by atoms with van der Waals surface area (Å²) in [6, 6.07) is 1.09. The highest BCUT2D eigenvalue weighted by Gasteiger charge is 2.17. The maximum Gasteiger partial charge on any atom is 0.255 e. The van der Waals surface area contributed by atoms with Crippen LogP contribution in [0.25, 0.3) is 0 Å². The zero-order chi connectivity index (χ0) is 12.0. The van der Waals surface area contributed by atoms with Crippen LogP contribution in [0.15, 0.2) is 28.2 Å². The van der Waals surface area contributed by atoms with E-state index in [9.17, 15) is 4.79 Å². The van der Waals surface area contributed by atoms with Gasteiger partial charge in [-0.1, -0.05) is 18.5 Å². The zero-order valence-electron chi connectivity index (χ0n) is 9.01. The Morgan fingerprint density at radius 3 is 3.00 bits per heavy atom. The van der Waals surface area contributed by atoms with Gasteiger partial charge in [0.05, 0.1) is 17.9 Å². The van der Waals surface area contributed by atoms with Gasteiger partial charge in [-0.05, 0) is 12.5 Å². The van der Waals surface area contributed by atoms with Crippen molar-refractivity contribution in [2.75, 3.05) is 0 Å². The molecular weight excluding hydrogens is 210 g/mol. The lowest BCUT2D eigenvalue weighted by atomic mass is 10.1. The number of oxime groups is 1. The number of carbonyl (C=O) groups is 1. The number of rotatable bonds is 5. The molecule has 0 radical (unpaired) electrons. The third kappa shape index (κ3) is 3.01. The van der Waals surface area contributed by atoms with E-state index in [0.29, 0.717) is 12.0 Å². The van der Waals surface area contributed by atoms with Crippen molar-refractivity contribution in [2.45, 2.75) is 25.8 Å². The van der Waals surface area contributed by atoms with E-state index in [1.54, 1.807) is 6.07 Å². The van der Waals surface area contributed by atoms with Gasteiger partial charge >= 0.3 is 0 Å². The van der Waals surface area contributed by atoms with Crippen molar-refractivity contribution in [3.8, 4) is 0 Å². The molecule has 1 rings (SSSR count). The monoisotopic (exact) mass is 225 g/mol. The molecule has 88 valence electrons. The van der Waals surface area contributed by atoms with E-state index >= 15 is 0 Å². The zero-order valence-corrected chi connectivity index (χ0v) is 9.01. The Balaban J connectivity index is 2.65. The molecule has 0 aliphatic rings. The van der Waals surface area contributed by atoms with Gasteiger partial charge in [0.15, 0.2) is 5.84 Å². The molecule has 0 saturated heterocycles. The van der Waals surface area contributed by atoms with Crippen LogP contribution in [-0.2, 0) is 0 Å². The van der Waals surface area contributed by atoms with Crippen LogP contribution in [0.2, 0.25) is 0 Å². The number of furan rings is 1. The third-order valence-electron chi connectivity index (χ3n) is 2.14. The molecule has 0 aliphatic heterocycles. The topological polar surface area (TPSA) is 101 Å². The molecule has 1 aromatic rings. The number of nitrogens with one attached hydrogen (secondary N) is 1. The van der Waals surface area contributed by atoms with E-state index in [-0.39, 0.29) is 11.7 Å². The minimum Gasteiger partial charge on any atom is -0.472 e. The van der Waals surface area contributed by atoms with Crippen LogP contribution in [-0.4, -0.2) is 23.0 Å². The lowest BCUT2D eigenvalue weighted by Gasteiger charge is -2.15. The fourth-order valence-electron chi connectivity index (χ4n) is 1.29. The second-order valence-corrected chi connectivity index (χ2v) is 3.35. The summed E-state index contributed by atoms with van der Waals surface area (Å²) in [5.74, 6) is -0.308. The Hall–Kier alpha value is -1.98. The van der Waals surface area contributed by atoms with Crippen molar-refractivity contribution in [2.24, 2.45) is 10.9 Å². The minimum absolute atomic E-state index is 0.00121. The predicted molar refractivity (Wildman–Crippen MR) is 58.3 cm³/mol. The molecule has 0 bridgehead atoms. The molecule has 1 atom stereocenters. The van der Waals surface area contributed by atoms with Crippen LogP contribution in [0, 0.1) is 0 Å². The highest BCUT2D eigenvalue weighted by molar-refractivity contribution is 5.97. The first-order valence-electron chi connectivity index (χ1n) is 4.99. The summed E-state index contributed by atoms with van der Waals surface area (Å²) in [7, 11) is 0. The lowest BCUT2D eigenvalue weighted by molar-refractivity contribution is 0.0944. The molecule has 4 N–H and O–H groups in total. The Morgan fingerprint density at radius 1 is 1.75 bits per heavy atom. The molecule has 1 aromatic heterocycles. The number of hydrogen-bond acceptors (Lipinski definition) is 4. The highest BCUT2D eigenvalue weighted by atomic mass is 16.4. The van der Waals surface area contributed by atoms with E-state index in [1.165, 1.54) is 12.5 Å². The molecule has 6 heteroatoms. The largest absolute Gasteiger partial charge is 0.472 e. The smallest absolute Gasteiger partial charge is 0.255 e.